The van der Waals surface area contributed by atoms with Gasteiger partial charge in [0.15, 0.2) is 0 Å². The summed E-state index contributed by atoms with van der Waals surface area (Å²) in [5.41, 5.74) is 0. The Morgan fingerprint density at radius 2 is 1.25 bits per heavy atom. The summed E-state index contributed by atoms with van der Waals surface area (Å²) in [5, 5.41) is 7.00. The van der Waals surface area contributed by atoms with Gasteiger partial charge in [0, 0.05) is 7.11 Å². The van der Waals surface area contributed by atoms with Gasteiger partial charge >= 0.3 is 22.4 Å². The van der Waals surface area contributed by atoms with Gasteiger partial charge in [-0.15, -0.1) is 0 Å². The van der Waals surface area contributed by atoms with Gasteiger partial charge in [-0.1, -0.05) is 0 Å². The van der Waals surface area contributed by atoms with Crippen molar-refractivity contribution in [2.24, 2.45) is 0 Å². The molecule has 0 aliphatic rings. The maximum absolute atomic E-state index is 7.00. The van der Waals surface area contributed by atoms with Crippen LogP contribution in [0.25, 0.3) is 0 Å². The van der Waals surface area contributed by atoms with Crippen LogP contribution in [0.1, 0.15) is 0 Å². The van der Waals surface area contributed by atoms with Crippen LogP contribution in [-0.2, 0) is 22.4 Å². The van der Waals surface area contributed by atoms with Crippen molar-refractivity contribution in [1.29, 1.82) is 0 Å². The molecule has 0 saturated heterocycles. The minimum Gasteiger partial charge on any atom is -1.00 e. The first-order chi connectivity index (χ1) is 1.00. The van der Waals surface area contributed by atoms with Crippen LogP contribution in [0.15, 0.2) is 0 Å². The van der Waals surface area contributed by atoms with Crippen molar-refractivity contribution in [1.82, 2.24) is 0 Å². The third-order valence-corrected chi connectivity index (χ3v) is 0. The SMILES string of the molecule is CO.[Ag+].[F-]. The van der Waals surface area contributed by atoms with Gasteiger partial charge < -0.3 is 9.81 Å². The minimum absolute atomic E-state index is 0. The summed E-state index contributed by atoms with van der Waals surface area (Å²) in [6.07, 6.45) is 0. The fourth-order valence-corrected chi connectivity index (χ4v) is 0. The molecular weight excluding hydrogens is 155 g/mol. The number of hydrogen-bond acceptors (Lipinski definition) is 1. The standard InChI is InChI=1S/CH4O.Ag.FH/c1-2;;/h2H,1H3;;1H/q;+1;/p-1. The zero-order valence-corrected chi connectivity index (χ0v) is 3.61. The number of aliphatic hydroxyl groups excluding tert-OH is 1. The monoisotopic (exact) mass is 158 g/mol. The summed E-state index contributed by atoms with van der Waals surface area (Å²) >= 11 is 0. The van der Waals surface area contributed by atoms with Crippen molar-refractivity contribution in [3.05, 3.63) is 0 Å². The van der Waals surface area contributed by atoms with E-state index in [1.165, 1.54) is 0 Å². The average Bonchev–Trinajstić information content (AvgIpc) is 1.00. The molecule has 0 saturated carbocycles. The summed E-state index contributed by atoms with van der Waals surface area (Å²) in [5.74, 6) is 0. The van der Waals surface area contributed by atoms with E-state index in [0.29, 0.717) is 0 Å². The van der Waals surface area contributed by atoms with E-state index < -0.39 is 0 Å². The predicted molar refractivity (Wildman–Crippen MR) is 8.14 cm³/mol. The Morgan fingerprint density at radius 1 is 1.25 bits per heavy atom. The number of hydrogen-bond donors (Lipinski definition) is 1. The summed E-state index contributed by atoms with van der Waals surface area (Å²) in [7, 11) is 1.00. The molecule has 0 aromatic carbocycles. The van der Waals surface area contributed by atoms with Gasteiger partial charge in [0.25, 0.3) is 0 Å². The minimum atomic E-state index is 0. The molecule has 1 N–H and O–H groups in total. The molecule has 0 rings (SSSR count). The molecule has 0 aromatic rings. The third-order valence-electron chi connectivity index (χ3n) is 0. The van der Waals surface area contributed by atoms with E-state index in [9.17, 15) is 0 Å². The van der Waals surface area contributed by atoms with E-state index in [0.717, 1.165) is 7.11 Å². The van der Waals surface area contributed by atoms with Crippen LogP contribution in [0, 0.1) is 0 Å². The molecule has 0 aromatic heterocycles. The van der Waals surface area contributed by atoms with Gasteiger partial charge in [0.05, 0.1) is 0 Å². The normalized spacial score (nSPS) is 1.50. The predicted octanol–water partition coefficient (Wildman–Crippen LogP) is -3.39. The third kappa shape index (κ3) is 17.6. The Hall–Kier alpha value is 0.630. The van der Waals surface area contributed by atoms with E-state index >= 15 is 0 Å². The Kier molecular flexibility index (Phi) is 363. The maximum atomic E-state index is 7.00. The Labute approximate surface area is 39.9 Å². The Bertz CT molecular complexity index is 8.00. The smallest absolute Gasteiger partial charge is 1.00 e. The Morgan fingerprint density at radius 3 is 1.25 bits per heavy atom. The van der Waals surface area contributed by atoms with Crippen LogP contribution in [0.3, 0.4) is 0 Å². The average molecular weight is 159 g/mol. The molecule has 4 heavy (non-hydrogen) atoms. The molecule has 32 valence electrons. The molecule has 0 radical (unpaired) electrons. The number of aliphatic hydroxyl groups is 1. The van der Waals surface area contributed by atoms with Crippen molar-refractivity contribution in [2.75, 3.05) is 7.11 Å². The molecule has 0 amide bonds. The topological polar surface area (TPSA) is 20.2 Å². The van der Waals surface area contributed by atoms with E-state index in [2.05, 4.69) is 0 Å². The van der Waals surface area contributed by atoms with Crippen LogP contribution in [-0.4, -0.2) is 12.2 Å². The van der Waals surface area contributed by atoms with Crippen LogP contribution >= 0.6 is 0 Å². The van der Waals surface area contributed by atoms with E-state index in [-0.39, 0.29) is 27.1 Å². The van der Waals surface area contributed by atoms with E-state index in [1.807, 2.05) is 0 Å². The fraction of sp³-hybridized carbons (Fsp3) is 1.00. The van der Waals surface area contributed by atoms with Crippen molar-refractivity contribution >= 4 is 0 Å². The first-order valence-corrected chi connectivity index (χ1v) is 0.447. The summed E-state index contributed by atoms with van der Waals surface area (Å²) in [4.78, 5) is 0. The number of halogens is 1. The molecule has 0 spiro atoms. The van der Waals surface area contributed by atoms with Crippen molar-refractivity contribution in [2.45, 2.75) is 0 Å². The molecule has 0 bridgehead atoms. The first kappa shape index (κ1) is 23.0. The second-order valence-electron chi connectivity index (χ2n) is 0. The van der Waals surface area contributed by atoms with Crippen molar-refractivity contribution in [3.8, 4) is 0 Å². The zero-order valence-electron chi connectivity index (χ0n) is 2.13. The van der Waals surface area contributed by atoms with Crippen LogP contribution < -0.4 is 4.70 Å². The molecule has 0 unspecified atom stereocenters. The number of rotatable bonds is 0. The largest absolute Gasteiger partial charge is 1.00 e. The second-order valence-corrected chi connectivity index (χ2v) is 0. The van der Waals surface area contributed by atoms with E-state index in [4.69, 9.17) is 5.11 Å². The van der Waals surface area contributed by atoms with Gasteiger partial charge in [-0.3, -0.25) is 0 Å². The molecule has 1 nitrogen and oxygen atoms in total. The molecule has 0 fully saturated rings. The molecular formula is CH4AgFO. The summed E-state index contributed by atoms with van der Waals surface area (Å²) in [6, 6.07) is 0. The molecule has 0 aliphatic carbocycles. The van der Waals surface area contributed by atoms with Gasteiger partial charge in [0.1, 0.15) is 0 Å². The van der Waals surface area contributed by atoms with Crippen molar-refractivity contribution in [3.63, 3.8) is 0 Å². The van der Waals surface area contributed by atoms with Gasteiger partial charge in [0.2, 0.25) is 0 Å². The Balaban J connectivity index is -0.00000000500. The molecule has 0 atom stereocenters. The van der Waals surface area contributed by atoms with Crippen molar-refractivity contribution < 1.29 is 32.2 Å². The maximum Gasteiger partial charge on any atom is 1.00 e. The summed E-state index contributed by atoms with van der Waals surface area (Å²) in [6.45, 7) is 0. The van der Waals surface area contributed by atoms with Crippen LogP contribution in [0.4, 0.5) is 0 Å². The van der Waals surface area contributed by atoms with E-state index in [1.54, 1.807) is 0 Å². The van der Waals surface area contributed by atoms with Crippen LogP contribution in [0.5, 0.6) is 0 Å². The van der Waals surface area contributed by atoms with Gasteiger partial charge in [-0.05, 0) is 0 Å². The first-order valence-electron chi connectivity index (χ1n) is 0.447. The second kappa shape index (κ2) is 63.2. The molecule has 3 heteroatoms. The van der Waals surface area contributed by atoms with Gasteiger partial charge in [-0.2, -0.15) is 0 Å². The summed E-state index contributed by atoms with van der Waals surface area (Å²) < 4.78 is 0. The molecule has 0 heterocycles. The quantitative estimate of drug-likeness (QED) is 0.365. The molecule has 0 aliphatic heterocycles. The van der Waals surface area contributed by atoms with Crippen LogP contribution in [0.2, 0.25) is 0 Å². The van der Waals surface area contributed by atoms with Gasteiger partial charge in [-0.25, -0.2) is 0 Å². The zero-order chi connectivity index (χ0) is 2.00. The fourth-order valence-electron chi connectivity index (χ4n) is 0.